The average Bonchev–Trinajstić information content (AvgIpc) is 3.23. The van der Waals surface area contributed by atoms with Gasteiger partial charge in [0.1, 0.15) is 12.2 Å². The molecule has 0 aliphatic heterocycles. The lowest BCUT2D eigenvalue weighted by atomic mass is 10.2. The zero-order valence-corrected chi connectivity index (χ0v) is 14.7. The molecule has 144 valence electrons. The lowest BCUT2D eigenvalue weighted by molar-refractivity contribution is -0.137. The second-order valence-corrected chi connectivity index (χ2v) is 6.23. The Morgan fingerprint density at radius 2 is 2.11 bits per heavy atom. The summed E-state index contributed by atoms with van der Waals surface area (Å²) >= 11 is 0. The summed E-state index contributed by atoms with van der Waals surface area (Å²) in [5.41, 5.74) is 1.29. The minimum Gasteiger partial charge on any atom is -0.480 e. The van der Waals surface area contributed by atoms with Crippen LogP contribution in [0, 0.1) is 11.6 Å². The molecule has 0 saturated heterocycles. The number of halogens is 2. The molecule has 9 heteroatoms. The Balaban J connectivity index is 2.02. The summed E-state index contributed by atoms with van der Waals surface area (Å²) in [4.78, 5) is 25.1. The molecule has 1 aromatic heterocycles. The first kappa shape index (κ1) is 19.0. The number of nitrogens with zero attached hydrogens (tertiary/aromatic N) is 3. The highest BCUT2D eigenvalue weighted by Crippen LogP contribution is 2.29. The van der Waals surface area contributed by atoms with Crippen molar-refractivity contribution in [2.75, 3.05) is 26.8 Å². The van der Waals surface area contributed by atoms with Gasteiger partial charge in [0.05, 0.1) is 6.61 Å². The number of ether oxygens (including phenoxy) is 1. The monoisotopic (exact) mass is 379 g/mol. The van der Waals surface area contributed by atoms with E-state index < -0.39 is 30.1 Å². The number of carbonyl (C=O) groups excluding carboxylic acids is 1. The van der Waals surface area contributed by atoms with Gasteiger partial charge in [-0.2, -0.15) is 5.10 Å². The van der Waals surface area contributed by atoms with Gasteiger partial charge in [0.15, 0.2) is 17.3 Å². The number of rotatable bonds is 7. The molecule has 1 aliphatic rings. The number of carboxylic acids is 1. The van der Waals surface area contributed by atoms with Gasteiger partial charge >= 0.3 is 5.97 Å². The number of amides is 1. The lowest BCUT2D eigenvalue weighted by Gasteiger charge is -2.19. The summed E-state index contributed by atoms with van der Waals surface area (Å²) in [5, 5.41) is 13.3. The fourth-order valence-corrected chi connectivity index (χ4v) is 3.23. The van der Waals surface area contributed by atoms with Crippen LogP contribution in [0.15, 0.2) is 18.2 Å². The van der Waals surface area contributed by atoms with Crippen LogP contribution >= 0.6 is 0 Å². The molecular weight excluding hydrogens is 360 g/mol. The molecule has 0 atom stereocenters. The summed E-state index contributed by atoms with van der Waals surface area (Å²) in [6.07, 6.45) is 1.89. The Bertz CT molecular complexity index is 882. The molecule has 27 heavy (non-hydrogen) atoms. The van der Waals surface area contributed by atoms with Gasteiger partial charge in [-0.15, -0.1) is 0 Å². The van der Waals surface area contributed by atoms with Crippen molar-refractivity contribution in [3.8, 4) is 5.69 Å². The highest BCUT2D eigenvalue weighted by molar-refractivity contribution is 5.96. The largest absolute Gasteiger partial charge is 0.480 e. The Labute approximate surface area is 154 Å². The molecule has 0 unspecified atom stereocenters. The van der Waals surface area contributed by atoms with E-state index in [1.165, 1.54) is 23.9 Å². The molecule has 0 spiro atoms. The third-order valence-electron chi connectivity index (χ3n) is 4.47. The van der Waals surface area contributed by atoms with Crippen molar-refractivity contribution in [2.45, 2.75) is 19.3 Å². The Morgan fingerprint density at radius 3 is 2.81 bits per heavy atom. The number of aromatic nitrogens is 2. The lowest BCUT2D eigenvalue weighted by Crippen LogP contribution is -2.38. The van der Waals surface area contributed by atoms with E-state index in [2.05, 4.69) is 5.10 Å². The van der Waals surface area contributed by atoms with Crippen LogP contribution in [0.2, 0.25) is 0 Å². The summed E-state index contributed by atoms with van der Waals surface area (Å²) in [5.74, 6) is -3.78. The number of carboxylic acid groups (broad SMARTS) is 1. The number of aliphatic carboxylic acids is 1. The zero-order chi connectivity index (χ0) is 19.6. The van der Waals surface area contributed by atoms with Gasteiger partial charge in [-0.1, -0.05) is 6.07 Å². The number of benzene rings is 1. The van der Waals surface area contributed by atoms with Crippen LogP contribution in [0.25, 0.3) is 5.69 Å². The number of carbonyl (C=O) groups is 2. The van der Waals surface area contributed by atoms with Gasteiger partial charge < -0.3 is 14.7 Å². The fourth-order valence-electron chi connectivity index (χ4n) is 3.23. The van der Waals surface area contributed by atoms with E-state index in [1.54, 1.807) is 0 Å². The molecule has 0 bridgehead atoms. The third-order valence-corrected chi connectivity index (χ3v) is 4.47. The topological polar surface area (TPSA) is 84.7 Å². The minimum atomic E-state index is -1.16. The standard InChI is InChI=1S/C18H19F2N3O4/c1-27-9-8-22(10-15(24)25)18(26)17-11-4-2-6-13(11)23(21-17)14-7-3-5-12(19)16(14)20/h3,5,7H,2,4,6,8-10H2,1H3,(H,24,25). The summed E-state index contributed by atoms with van der Waals surface area (Å²) in [6, 6.07) is 3.76. The Hall–Kier alpha value is -2.81. The highest BCUT2D eigenvalue weighted by atomic mass is 19.2. The average molecular weight is 379 g/mol. The number of methoxy groups -OCH3 is 1. The van der Waals surface area contributed by atoms with Crippen molar-refractivity contribution >= 4 is 11.9 Å². The summed E-state index contributed by atoms with van der Waals surface area (Å²) in [7, 11) is 1.45. The second kappa shape index (κ2) is 7.83. The van der Waals surface area contributed by atoms with Crippen LogP contribution in [-0.4, -0.2) is 58.5 Å². The van der Waals surface area contributed by atoms with E-state index in [1.807, 2.05) is 0 Å². The molecule has 2 aromatic rings. The van der Waals surface area contributed by atoms with Crippen molar-refractivity contribution in [2.24, 2.45) is 0 Å². The van der Waals surface area contributed by atoms with Gasteiger partial charge in [0.25, 0.3) is 5.91 Å². The Kier molecular flexibility index (Phi) is 5.50. The van der Waals surface area contributed by atoms with Crippen LogP contribution in [0.5, 0.6) is 0 Å². The maximum absolute atomic E-state index is 14.2. The van der Waals surface area contributed by atoms with Crippen molar-refractivity contribution in [1.29, 1.82) is 0 Å². The van der Waals surface area contributed by atoms with Gasteiger partial charge in [-0.05, 0) is 31.4 Å². The molecule has 1 aliphatic carbocycles. The molecule has 7 nitrogen and oxygen atoms in total. The highest BCUT2D eigenvalue weighted by Gasteiger charge is 2.31. The molecule has 0 radical (unpaired) electrons. The van der Waals surface area contributed by atoms with E-state index in [0.29, 0.717) is 24.1 Å². The predicted octanol–water partition coefficient (Wildman–Crippen LogP) is 1.81. The van der Waals surface area contributed by atoms with E-state index in [9.17, 15) is 18.4 Å². The van der Waals surface area contributed by atoms with Gasteiger partial charge in [0.2, 0.25) is 0 Å². The summed E-state index contributed by atoms with van der Waals surface area (Å²) in [6.45, 7) is -0.254. The smallest absolute Gasteiger partial charge is 0.323 e. The van der Waals surface area contributed by atoms with Crippen molar-refractivity contribution < 1.29 is 28.2 Å². The SMILES string of the molecule is COCCN(CC(=O)O)C(=O)c1nn(-c2cccc(F)c2F)c2c1CCC2. The van der Waals surface area contributed by atoms with E-state index in [-0.39, 0.29) is 24.5 Å². The molecular formula is C18H19F2N3O4. The number of hydrogen-bond acceptors (Lipinski definition) is 4. The molecule has 1 N–H and O–H groups in total. The van der Waals surface area contributed by atoms with Gasteiger partial charge in [0, 0.05) is 24.9 Å². The first-order chi connectivity index (χ1) is 12.9. The van der Waals surface area contributed by atoms with Crippen LogP contribution in [0.3, 0.4) is 0 Å². The molecule has 0 saturated carbocycles. The van der Waals surface area contributed by atoms with Crippen LogP contribution < -0.4 is 0 Å². The van der Waals surface area contributed by atoms with Crippen LogP contribution in [-0.2, 0) is 22.4 Å². The van der Waals surface area contributed by atoms with E-state index >= 15 is 0 Å². The molecule has 1 aromatic carbocycles. The maximum Gasteiger partial charge on any atom is 0.323 e. The molecule has 3 rings (SSSR count). The van der Waals surface area contributed by atoms with Crippen molar-refractivity contribution in [3.05, 3.63) is 46.8 Å². The van der Waals surface area contributed by atoms with Gasteiger partial charge in [-0.3, -0.25) is 9.59 Å². The summed E-state index contributed by atoms with van der Waals surface area (Å²) < 4.78 is 34.0. The third kappa shape index (κ3) is 3.68. The Morgan fingerprint density at radius 1 is 1.33 bits per heavy atom. The first-order valence-electron chi connectivity index (χ1n) is 8.49. The maximum atomic E-state index is 14.2. The van der Waals surface area contributed by atoms with Gasteiger partial charge in [-0.25, -0.2) is 13.5 Å². The van der Waals surface area contributed by atoms with Crippen LogP contribution in [0.4, 0.5) is 8.78 Å². The van der Waals surface area contributed by atoms with E-state index in [4.69, 9.17) is 9.84 Å². The quantitative estimate of drug-likeness (QED) is 0.793. The number of hydrogen-bond donors (Lipinski definition) is 1. The second-order valence-electron chi connectivity index (χ2n) is 6.23. The van der Waals surface area contributed by atoms with E-state index in [0.717, 1.165) is 17.4 Å². The van der Waals surface area contributed by atoms with Crippen molar-refractivity contribution in [3.63, 3.8) is 0 Å². The molecule has 0 fully saturated rings. The van der Waals surface area contributed by atoms with Crippen molar-refractivity contribution in [1.82, 2.24) is 14.7 Å². The molecule has 1 amide bonds. The predicted molar refractivity (Wildman–Crippen MR) is 90.9 cm³/mol. The normalized spacial score (nSPS) is 12.9. The molecule has 1 heterocycles. The first-order valence-corrected chi connectivity index (χ1v) is 8.49. The zero-order valence-electron chi connectivity index (χ0n) is 14.7. The fraction of sp³-hybridized carbons (Fsp3) is 0.389. The van der Waals surface area contributed by atoms with Crippen LogP contribution in [0.1, 0.15) is 28.2 Å². The number of fused-ring (bicyclic) bond motifs is 1. The minimum absolute atomic E-state index is 0.0727.